The Morgan fingerprint density at radius 2 is 1.81 bits per heavy atom. The number of ether oxygens (including phenoxy) is 1. The van der Waals surface area contributed by atoms with Gasteiger partial charge in [-0.25, -0.2) is 13.6 Å². The van der Waals surface area contributed by atoms with Crippen molar-refractivity contribution in [1.82, 2.24) is 10.2 Å². The SMILES string of the molecule is O=c1oc2c(CNCCCN3CCOCC3)c(O)ccc2cc1-c1cc(F)cc(F)c1. The standard InChI is InChI=1S/C23H24F2N2O4/c24-17-10-16(11-18(25)13-17)19-12-15-2-3-21(28)20(22(15)31-23(19)29)14-26-4-1-5-27-6-8-30-9-7-27/h2-3,10-13,26,28H,1,4-9,14H2. The molecule has 0 amide bonds. The van der Waals surface area contributed by atoms with Gasteiger partial charge in [0.25, 0.3) is 0 Å². The van der Waals surface area contributed by atoms with Gasteiger partial charge in [0.2, 0.25) is 0 Å². The predicted molar refractivity (Wildman–Crippen MR) is 113 cm³/mol. The summed E-state index contributed by atoms with van der Waals surface area (Å²) in [5, 5.41) is 14.1. The van der Waals surface area contributed by atoms with E-state index in [0.29, 0.717) is 17.5 Å². The van der Waals surface area contributed by atoms with Crippen LogP contribution in [-0.2, 0) is 11.3 Å². The van der Waals surface area contributed by atoms with Crippen LogP contribution in [0.3, 0.4) is 0 Å². The first-order valence-electron chi connectivity index (χ1n) is 10.3. The predicted octanol–water partition coefficient (Wildman–Crippen LogP) is 3.26. The lowest BCUT2D eigenvalue weighted by Gasteiger charge is -2.26. The molecule has 0 aliphatic carbocycles. The molecule has 3 aromatic rings. The molecule has 1 fully saturated rings. The van der Waals surface area contributed by atoms with Crippen molar-refractivity contribution < 1.29 is 23.0 Å². The summed E-state index contributed by atoms with van der Waals surface area (Å²) in [7, 11) is 0. The van der Waals surface area contributed by atoms with E-state index < -0.39 is 17.3 Å². The summed E-state index contributed by atoms with van der Waals surface area (Å²) in [6, 6.07) is 7.55. The molecule has 1 aliphatic rings. The molecule has 0 radical (unpaired) electrons. The van der Waals surface area contributed by atoms with E-state index in [1.807, 2.05) is 0 Å². The van der Waals surface area contributed by atoms with Crippen LogP contribution in [0.5, 0.6) is 5.75 Å². The summed E-state index contributed by atoms with van der Waals surface area (Å²) >= 11 is 0. The van der Waals surface area contributed by atoms with Crippen LogP contribution >= 0.6 is 0 Å². The molecule has 0 saturated carbocycles. The first kappa shape index (κ1) is 21.4. The Morgan fingerprint density at radius 3 is 2.55 bits per heavy atom. The average Bonchev–Trinajstić information content (AvgIpc) is 2.74. The number of fused-ring (bicyclic) bond motifs is 1. The van der Waals surface area contributed by atoms with E-state index in [4.69, 9.17) is 9.15 Å². The van der Waals surface area contributed by atoms with Gasteiger partial charge in [-0.15, -0.1) is 0 Å². The molecule has 4 rings (SSSR count). The Morgan fingerprint density at radius 1 is 1.06 bits per heavy atom. The first-order chi connectivity index (χ1) is 15.0. The number of benzene rings is 2. The molecule has 0 spiro atoms. The van der Waals surface area contributed by atoms with Gasteiger partial charge in [-0.2, -0.15) is 0 Å². The summed E-state index contributed by atoms with van der Waals surface area (Å²) < 4.78 is 38.0. The molecular weight excluding hydrogens is 406 g/mol. The lowest BCUT2D eigenvalue weighted by atomic mass is 10.0. The molecule has 2 aromatic carbocycles. The Bertz CT molecular complexity index is 1110. The highest BCUT2D eigenvalue weighted by molar-refractivity contribution is 5.85. The summed E-state index contributed by atoms with van der Waals surface area (Å²) in [6.07, 6.45) is 0.935. The number of phenols is 1. The second-order valence-corrected chi connectivity index (χ2v) is 7.57. The van der Waals surface area contributed by atoms with Crippen molar-refractivity contribution in [2.75, 3.05) is 39.4 Å². The number of halogens is 2. The van der Waals surface area contributed by atoms with Crippen molar-refractivity contribution in [1.29, 1.82) is 0 Å². The van der Waals surface area contributed by atoms with E-state index in [9.17, 15) is 18.7 Å². The molecule has 0 atom stereocenters. The lowest BCUT2D eigenvalue weighted by molar-refractivity contribution is 0.0374. The Kier molecular flexibility index (Phi) is 6.60. The van der Waals surface area contributed by atoms with Crippen LogP contribution in [0.15, 0.2) is 45.6 Å². The molecule has 6 nitrogen and oxygen atoms in total. The van der Waals surface area contributed by atoms with Crippen molar-refractivity contribution in [2.45, 2.75) is 13.0 Å². The summed E-state index contributed by atoms with van der Waals surface area (Å²) in [5.74, 6) is -1.54. The van der Waals surface area contributed by atoms with Crippen LogP contribution in [0.2, 0.25) is 0 Å². The minimum absolute atomic E-state index is 0.0147. The van der Waals surface area contributed by atoms with Gasteiger partial charge in [0.1, 0.15) is 23.0 Å². The summed E-state index contributed by atoms with van der Waals surface area (Å²) in [5.41, 5.74) is 0.158. The van der Waals surface area contributed by atoms with Crippen LogP contribution in [-0.4, -0.2) is 49.4 Å². The number of aromatic hydroxyl groups is 1. The highest BCUT2D eigenvalue weighted by atomic mass is 19.1. The average molecular weight is 430 g/mol. The normalized spacial score (nSPS) is 14.9. The van der Waals surface area contributed by atoms with Crippen LogP contribution in [0.1, 0.15) is 12.0 Å². The number of hydrogen-bond donors (Lipinski definition) is 2. The molecule has 2 N–H and O–H groups in total. The number of nitrogens with zero attached hydrogens (tertiary/aromatic N) is 1. The zero-order valence-corrected chi connectivity index (χ0v) is 17.0. The maximum atomic E-state index is 13.6. The molecule has 0 unspecified atom stereocenters. The van der Waals surface area contributed by atoms with Gasteiger partial charge in [0.05, 0.1) is 24.3 Å². The van der Waals surface area contributed by atoms with Crippen LogP contribution in [0, 0.1) is 11.6 Å². The summed E-state index contributed by atoms with van der Waals surface area (Å²) in [4.78, 5) is 14.9. The van der Waals surface area contributed by atoms with Gasteiger partial charge < -0.3 is 19.6 Å². The molecule has 1 aromatic heterocycles. The molecule has 2 heterocycles. The van der Waals surface area contributed by atoms with E-state index >= 15 is 0 Å². The largest absolute Gasteiger partial charge is 0.507 e. The first-order valence-corrected chi connectivity index (χ1v) is 10.3. The highest BCUT2D eigenvalue weighted by Crippen LogP contribution is 2.29. The quantitative estimate of drug-likeness (QED) is 0.443. The van der Waals surface area contributed by atoms with E-state index in [1.165, 1.54) is 12.1 Å². The van der Waals surface area contributed by atoms with Gasteiger partial charge in [-0.3, -0.25) is 4.90 Å². The molecule has 1 saturated heterocycles. The highest BCUT2D eigenvalue weighted by Gasteiger charge is 2.15. The number of nitrogens with one attached hydrogen (secondary N) is 1. The maximum Gasteiger partial charge on any atom is 0.344 e. The molecule has 0 bridgehead atoms. The summed E-state index contributed by atoms with van der Waals surface area (Å²) in [6.45, 7) is 5.42. The number of phenolic OH excluding ortho intramolecular Hbond substituents is 1. The minimum Gasteiger partial charge on any atom is -0.507 e. The monoisotopic (exact) mass is 430 g/mol. The van der Waals surface area contributed by atoms with E-state index in [-0.39, 0.29) is 22.5 Å². The van der Waals surface area contributed by atoms with Crippen molar-refractivity contribution in [3.8, 4) is 16.9 Å². The maximum absolute atomic E-state index is 13.6. The van der Waals surface area contributed by atoms with Crippen molar-refractivity contribution in [2.24, 2.45) is 0 Å². The molecule has 31 heavy (non-hydrogen) atoms. The van der Waals surface area contributed by atoms with Gasteiger partial charge >= 0.3 is 5.63 Å². The second kappa shape index (κ2) is 9.55. The zero-order valence-electron chi connectivity index (χ0n) is 17.0. The molecule has 164 valence electrons. The fourth-order valence-corrected chi connectivity index (χ4v) is 3.78. The van der Waals surface area contributed by atoms with Crippen LogP contribution < -0.4 is 10.9 Å². The third kappa shape index (κ3) is 5.10. The van der Waals surface area contributed by atoms with Crippen LogP contribution in [0.25, 0.3) is 22.1 Å². The Labute approximate surface area is 178 Å². The van der Waals surface area contributed by atoms with Crippen molar-refractivity contribution in [3.63, 3.8) is 0 Å². The molecule has 1 aliphatic heterocycles. The molecular formula is C23H24F2N2O4. The zero-order chi connectivity index (χ0) is 21.8. The van der Waals surface area contributed by atoms with Gasteiger partial charge in [0.15, 0.2) is 0 Å². The van der Waals surface area contributed by atoms with E-state index in [0.717, 1.165) is 64.0 Å². The smallest absolute Gasteiger partial charge is 0.344 e. The van der Waals surface area contributed by atoms with Gasteiger partial charge in [-0.1, -0.05) is 0 Å². The van der Waals surface area contributed by atoms with Crippen LogP contribution in [0.4, 0.5) is 8.78 Å². The van der Waals surface area contributed by atoms with E-state index in [2.05, 4.69) is 10.2 Å². The molecule has 8 heteroatoms. The van der Waals surface area contributed by atoms with Gasteiger partial charge in [0, 0.05) is 31.1 Å². The van der Waals surface area contributed by atoms with E-state index in [1.54, 1.807) is 6.07 Å². The Balaban J connectivity index is 1.50. The minimum atomic E-state index is -0.776. The topological polar surface area (TPSA) is 74.9 Å². The fourth-order valence-electron chi connectivity index (χ4n) is 3.78. The van der Waals surface area contributed by atoms with Crippen molar-refractivity contribution >= 4 is 11.0 Å². The fraction of sp³-hybridized carbons (Fsp3) is 0.348. The third-order valence-electron chi connectivity index (χ3n) is 5.39. The lowest BCUT2D eigenvalue weighted by Crippen LogP contribution is -2.37. The number of hydrogen-bond acceptors (Lipinski definition) is 6. The number of rotatable bonds is 7. The van der Waals surface area contributed by atoms with Gasteiger partial charge in [-0.05, 0) is 55.4 Å². The van der Waals surface area contributed by atoms with Crippen molar-refractivity contribution in [3.05, 3.63) is 64.0 Å². The third-order valence-corrected chi connectivity index (χ3v) is 5.39. The second-order valence-electron chi connectivity index (χ2n) is 7.57. The number of morpholine rings is 1. The Hall–Kier alpha value is -2.81.